The molecule has 1 aliphatic heterocycles. The maximum atomic E-state index is 12.3. The van der Waals surface area contributed by atoms with E-state index in [2.05, 4.69) is 20.5 Å². The number of hydrogen-bond donors (Lipinski definition) is 2. The summed E-state index contributed by atoms with van der Waals surface area (Å²) in [6, 6.07) is 10.9. The number of nitrogens with zero attached hydrogens (tertiary/aromatic N) is 2. The van der Waals surface area contributed by atoms with Crippen LogP contribution in [0.15, 0.2) is 42.6 Å². The molecule has 1 amide bonds. The van der Waals surface area contributed by atoms with Crippen LogP contribution in [0.1, 0.15) is 10.5 Å². The Kier molecular flexibility index (Phi) is 6.22. The van der Waals surface area contributed by atoms with E-state index in [1.807, 2.05) is 30.3 Å². The Hall–Kier alpha value is -2.15. The number of pyridine rings is 1. The standard InChI is InChI=1S/C18H21ClN4O2/c19-14-1-3-15(4-2-14)22-16-5-6-20-17(13-16)18(24)21-7-8-23-9-11-25-12-10-23/h1-6,13H,7-12H2,(H,20,22)(H,21,24). The molecule has 3 rings (SSSR count). The molecular formula is C18H21ClN4O2. The molecule has 1 aromatic heterocycles. The van der Waals surface area contributed by atoms with E-state index in [4.69, 9.17) is 16.3 Å². The van der Waals surface area contributed by atoms with Crippen molar-refractivity contribution in [3.8, 4) is 0 Å². The molecule has 25 heavy (non-hydrogen) atoms. The third-order valence-corrected chi connectivity index (χ3v) is 4.19. The Morgan fingerprint density at radius 1 is 1.16 bits per heavy atom. The van der Waals surface area contributed by atoms with Gasteiger partial charge in [0.25, 0.3) is 5.91 Å². The highest BCUT2D eigenvalue weighted by molar-refractivity contribution is 6.30. The van der Waals surface area contributed by atoms with Crippen molar-refractivity contribution >= 4 is 28.9 Å². The van der Waals surface area contributed by atoms with Gasteiger partial charge in [-0.05, 0) is 36.4 Å². The summed E-state index contributed by atoms with van der Waals surface area (Å²) in [5.74, 6) is -0.173. The van der Waals surface area contributed by atoms with Gasteiger partial charge in [0.15, 0.2) is 0 Å². The first kappa shape index (κ1) is 17.7. The monoisotopic (exact) mass is 360 g/mol. The smallest absolute Gasteiger partial charge is 0.269 e. The summed E-state index contributed by atoms with van der Waals surface area (Å²) in [5, 5.41) is 6.83. The van der Waals surface area contributed by atoms with Gasteiger partial charge < -0.3 is 15.4 Å². The van der Waals surface area contributed by atoms with E-state index < -0.39 is 0 Å². The number of anilines is 2. The predicted octanol–water partition coefficient (Wildman–Crippen LogP) is 2.54. The van der Waals surface area contributed by atoms with Crippen LogP contribution < -0.4 is 10.6 Å². The van der Waals surface area contributed by atoms with Gasteiger partial charge in [-0.1, -0.05) is 11.6 Å². The van der Waals surface area contributed by atoms with Crippen LogP contribution in [0, 0.1) is 0 Å². The number of amides is 1. The second-order valence-electron chi connectivity index (χ2n) is 5.77. The summed E-state index contributed by atoms with van der Waals surface area (Å²) in [6.45, 7) is 4.75. The molecule has 1 aromatic carbocycles. The van der Waals surface area contributed by atoms with Gasteiger partial charge in [-0.25, -0.2) is 0 Å². The lowest BCUT2D eigenvalue weighted by atomic mass is 10.2. The number of morpholine rings is 1. The SMILES string of the molecule is O=C(NCCN1CCOCC1)c1cc(Nc2ccc(Cl)cc2)ccn1. The normalized spacial score (nSPS) is 14.9. The number of aromatic nitrogens is 1. The summed E-state index contributed by atoms with van der Waals surface area (Å²) in [4.78, 5) is 18.7. The molecule has 1 saturated heterocycles. The van der Waals surface area contributed by atoms with Gasteiger partial charge in [0.1, 0.15) is 5.69 Å². The van der Waals surface area contributed by atoms with Crippen molar-refractivity contribution in [1.29, 1.82) is 0 Å². The molecule has 0 radical (unpaired) electrons. The number of halogens is 1. The number of hydrogen-bond acceptors (Lipinski definition) is 5. The summed E-state index contributed by atoms with van der Waals surface area (Å²) in [5.41, 5.74) is 2.09. The maximum absolute atomic E-state index is 12.3. The van der Waals surface area contributed by atoms with Crippen LogP contribution in [0.4, 0.5) is 11.4 Å². The Labute approximate surface area is 152 Å². The molecule has 0 spiro atoms. The topological polar surface area (TPSA) is 66.5 Å². The van der Waals surface area contributed by atoms with Crippen LogP contribution in [0.25, 0.3) is 0 Å². The van der Waals surface area contributed by atoms with Gasteiger partial charge in [0.05, 0.1) is 13.2 Å². The van der Waals surface area contributed by atoms with Gasteiger partial charge in [-0.15, -0.1) is 0 Å². The van der Waals surface area contributed by atoms with Crippen LogP contribution >= 0.6 is 11.6 Å². The number of ether oxygens (including phenoxy) is 1. The molecule has 7 heteroatoms. The molecule has 1 aliphatic rings. The lowest BCUT2D eigenvalue weighted by molar-refractivity contribution is 0.0383. The maximum Gasteiger partial charge on any atom is 0.269 e. The number of carbonyl (C=O) groups is 1. The molecule has 0 unspecified atom stereocenters. The molecule has 6 nitrogen and oxygen atoms in total. The Balaban J connectivity index is 1.52. The summed E-state index contributed by atoms with van der Waals surface area (Å²) >= 11 is 5.88. The number of benzene rings is 1. The average molecular weight is 361 g/mol. The van der Waals surface area contributed by atoms with Crippen LogP contribution in [0.3, 0.4) is 0 Å². The van der Waals surface area contributed by atoms with Gasteiger partial charge in [0.2, 0.25) is 0 Å². The van der Waals surface area contributed by atoms with Crippen molar-refractivity contribution in [2.75, 3.05) is 44.7 Å². The van der Waals surface area contributed by atoms with Crippen LogP contribution in [-0.2, 0) is 4.74 Å². The van der Waals surface area contributed by atoms with Gasteiger partial charge in [-0.2, -0.15) is 0 Å². The minimum atomic E-state index is -0.173. The average Bonchev–Trinajstić information content (AvgIpc) is 2.65. The Morgan fingerprint density at radius 2 is 1.92 bits per heavy atom. The van der Waals surface area contributed by atoms with Crippen molar-refractivity contribution < 1.29 is 9.53 Å². The van der Waals surface area contributed by atoms with Crippen molar-refractivity contribution in [1.82, 2.24) is 15.2 Å². The van der Waals surface area contributed by atoms with Crippen molar-refractivity contribution in [3.05, 3.63) is 53.3 Å². The van der Waals surface area contributed by atoms with Crippen LogP contribution in [0.2, 0.25) is 5.02 Å². The first-order chi connectivity index (χ1) is 12.2. The Bertz CT molecular complexity index is 702. The molecule has 2 aromatic rings. The molecule has 1 fully saturated rings. The van der Waals surface area contributed by atoms with E-state index in [1.54, 1.807) is 12.3 Å². The minimum Gasteiger partial charge on any atom is -0.379 e. The van der Waals surface area contributed by atoms with E-state index in [0.29, 0.717) is 17.3 Å². The molecule has 0 saturated carbocycles. The summed E-state index contributed by atoms with van der Waals surface area (Å²) < 4.78 is 5.31. The lowest BCUT2D eigenvalue weighted by Gasteiger charge is -2.26. The third kappa shape index (κ3) is 5.42. The van der Waals surface area contributed by atoms with Gasteiger partial charge in [-0.3, -0.25) is 14.7 Å². The Morgan fingerprint density at radius 3 is 2.68 bits per heavy atom. The van der Waals surface area contributed by atoms with Crippen LogP contribution in [-0.4, -0.2) is 55.2 Å². The van der Waals surface area contributed by atoms with E-state index in [9.17, 15) is 4.79 Å². The zero-order valence-electron chi connectivity index (χ0n) is 13.9. The molecule has 0 aliphatic carbocycles. The zero-order chi connectivity index (χ0) is 17.5. The zero-order valence-corrected chi connectivity index (χ0v) is 14.6. The van der Waals surface area contributed by atoms with Crippen molar-refractivity contribution in [3.63, 3.8) is 0 Å². The molecule has 0 atom stereocenters. The second-order valence-corrected chi connectivity index (χ2v) is 6.21. The highest BCUT2D eigenvalue weighted by atomic mass is 35.5. The van der Waals surface area contributed by atoms with Gasteiger partial charge >= 0.3 is 0 Å². The fourth-order valence-corrected chi connectivity index (χ4v) is 2.70. The quantitative estimate of drug-likeness (QED) is 0.828. The van der Waals surface area contributed by atoms with Crippen LogP contribution in [0.5, 0.6) is 0 Å². The molecule has 132 valence electrons. The second kappa shape index (κ2) is 8.80. The van der Waals surface area contributed by atoms with E-state index in [-0.39, 0.29) is 5.91 Å². The number of carbonyl (C=O) groups excluding carboxylic acids is 1. The fraction of sp³-hybridized carbons (Fsp3) is 0.333. The van der Waals surface area contributed by atoms with E-state index in [0.717, 1.165) is 44.2 Å². The molecule has 2 N–H and O–H groups in total. The minimum absolute atomic E-state index is 0.173. The predicted molar refractivity (Wildman–Crippen MR) is 98.6 cm³/mol. The number of rotatable bonds is 6. The highest BCUT2D eigenvalue weighted by Gasteiger charge is 2.12. The van der Waals surface area contributed by atoms with E-state index >= 15 is 0 Å². The van der Waals surface area contributed by atoms with Crippen molar-refractivity contribution in [2.24, 2.45) is 0 Å². The molecule has 0 bridgehead atoms. The van der Waals surface area contributed by atoms with E-state index in [1.165, 1.54) is 0 Å². The first-order valence-electron chi connectivity index (χ1n) is 8.28. The number of nitrogens with one attached hydrogen (secondary N) is 2. The largest absolute Gasteiger partial charge is 0.379 e. The fourth-order valence-electron chi connectivity index (χ4n) is 2.58. The molecule has 2 heterocycles. The lowest BCUT2D eigenvalue weighted by Crippen LogP contribution is -2.41. The highest BCUT2D eigenvalue weighted by Crippen LogP contribution is 2.19. The summed E-state index contributed by atoms with van der Waals surface area (Å²) in [6.07, 6.45) is 1.62. The molecular weight excluding hydrogens is 340 g/mol. The summed E-state index contributed by atoms with van der Waals surface area (Å²) in [7, 11) is 0. The third-order valence-electron chi connectivity index (χ3n) is 3.94. The van der Waals surface area contributed by atoms with Crippen molar-refractivity contribution in [2.45, 2.75) is 0 Å². The first-order valence-corrected chi connectivity index (χ1v) is 8.65. The van der Waals surface area contributed by atoms with Gasteiger partial charge in [0, 0.05) is 48.8 Å².